The molecule has 0 radical (unpaired) electrons. The fourth-order valence-corrected chi connectivity index (χ4v) is 1.53. The van der Waals surface area contributed by atoms with Gasteiger partial charge in [-0.3, -0.25) is 4.79 Å². The maximum Gasteiger partial charge on any atom is 0.339 e. The number of halogens is 1. The Morgan fingerprint density at radius 3 is 2.78 bits per heavy atom. The van der Waals surface area contributed by atoms with Gasteiger partial charge in [0.15, 0.2) is 0 Å². The Kier molecular flexibility index (Phi) is 5.61. The molecule has 1 aromatic rings. The van der Waals surface area contributed by atoms with E-state index < -0.39 is 5.97 Å². The molecule has 0 spiro atoms. The number of carbonyl (C=O) groups is 2. The predicted molar refractivity (Wildman–Crippen MR) is 67.7 cm³/mol. The number of hydrogen-bond donors (Lipinski definition) is 2. The van der Waals surface area contributed by atoms with Crippen LogP contribution in [0.3, 0.4) is 0 Å². The van der Waals surface area contributed by atoms with E-state index in [0.29, 0.717) is 17.1 Å². The van der Waals surface area contributed by atoms with E-state index in [4.69, 9.17) is 16.7 Å². The molecule has 2 N–H and O–H groups in total. The van der Waals surface area contributed by atoms with E-state index in [-0.39, 0.29) is 24.5 Å². The number of ether oxygens (including phenoxy) is 1. The van der Waals surface area contributed by atoms with Crippen molar-refractivity contribution >= 4 is 29.2 Å². The number of carbonyl (C=O) groups excluding carboxylic acids is 2. The van der Waals surface area contributed by atoms with Crippen molar-refractivity contribution in [2.75, 3.05) is 19.0 Å². The van der Waals surface area contributed by atoms with Gasteiger partial charge >= 0.3 is 5.97 Å². The number of esters is 1. The minimum absolute atomic E-state index is 0.0627. The molecule has 0 fully saturated rings. The van der Waals surface area contributed by atoms with Crippen molar-refractivity contribution in [2.45, 2.75) is 12.8 Å². The summed E-state index contributed by atoms with van der Waals surface area (Å²) < 4.78 is 4.61. The zero-order valence-corrected chi connectivity index (χ0v) is 10.7. The predicted octanol–water partition coefficient (Wildman–Crippen LogP) is 1.84. The Bertz CT molecular complexity index is 448. The van der Waals surface area contributed by atoms with E-state index in [2.05, 4.69) is 10.1 Å². The molecule has 0 saturated carbocycles. The number of methoxy groups -OCH3 is 1. The van der Waals surface area contributed by atoms with Crippen LogP contribution in [0, 0.1) is 0 Å². The van der Waals surface area contributed by atoms with Crippen molar-refractivity contribution in [1.82, 2.24) is 0 Å². The molecule has 0 saturated heterocycles. The molecule has 0 unspecified atom stereocenters. The number of rotatable bonds is 5. The zero-order valence-electron chi connectivity index (χ0n) is 9.90. The number of aliphatic hydroxyl groups is 1. The van der Waals surface area contributed by atoms with Crippen LogP contribution in [0.5, 0.6) is 0 Å². The smallest absolute Gasteiger partial charge is 0.339 e. The quantitative estimate of drug-likeness (QED) is 0.801. The molecule has 1 aromatic carbocycles. The largest absolute Gasteiger partial charge is 0.465 e. The second kappa shape index (κ2) is 6.98. The van der Waals surface area contributed by atoms with Gasteiger partial charge in [0.05, 0.1) is 18.4 Å². The number of hydrogen-bond acceptors (Lipinski definition) is 4. The van der Waals surface area contributed by atoms with Crippen LogP contribution < -0.4 is 5.32 Å². The highest BCUT2D eigenvalue weighted by Crippen LogP contribution is 2.22. The molecule has 6 heteroatoms. The third kappa shape index (κ3) is 4.01. The van der Waals surface area contributed by atoms with E-state index in [0.717, 1.165) is 0 Å². The molecule has 0 aliphatic rings. The van der Waals surface area contributed by atoms with Gasteiger partial charge in [-0.25, -0.2) is 4.79 Å². The van der Waals surface area contributed by atoms with Gasteiger partial charge in [-0.15, -0.1) is 0 Å². The molecule has 0 aromatic heterocycles. The summed E-state index contributed by atoms with van der Waals surface area (Å²) >= 11 is 5.81. The van der Waals surface area contributed by atoms with Gasteiger partial charge in [-0.1, -0.05) is 11.6 Å². The minimum Gasteiger partial charge on any atom is -0.465 e. The summed E-state index contributed by atoms with van der Waals surface area (Å²) in [6.45, 7) is -0.0627. The molecule has 5 nitrogen and oxygen atoms in total. The monoisotopic (exact) mass is 271 g/mol. The summed E-state index contributed by atoms with van der Waals surface area (Å²) in [6, 6.07) is 4.50. The molecule has 0 heterocycles. The fourth-order valence-electron chi connectivity index (χ4n) is 1.36. The lowest BCUT2D eigenvalue weighted by atomic mass is 10.1. The molecule has 1 amide bonds. The van der Waals surface area contributed by atoms with E-state index in [1.807, 2.05) is 0 Å². The lowest BCUT2D eigenvalue weighted by Crippen LogP contribution is -2.15. The standard InChI is InChI=1S/C12H14ClNO4/c1-18-12(17)9-5-4-8(13)7-10(9)14-11(16)3-2-6-15/h4-5,7,15H,2-3,6H2,1H3,(H,14,16). The van der Waals surface area contributed by atoms with Gasteiger partial charge in [0.25, 0.3) is 0 Å². The lowest BCUT2D eigenvalue weighted by Gasteiger charge is -2.10. The first kappa shape index (κ1) is 14.5. The van der Waals surface area contributed by atoms with E-state index >= 15 is 0 Å². The minimum atomic E-state index is -0.552. The third-order valence-electron chi connectivity index (χ3n) is 2.22. The molecular formula is C12H14ClNO4. The van der Waals surface area contributed by atoms with Crippen LogP contribution in [0.25, 0.3) is 0 Å². The van der Waals surface area contributed by atoms with Crippen LogP contribution in [-0.2, 0) is 9.53 Å². The maximum absolute atomic E-state index is 11.5. The average molecular weight is 272 g/mol. The van der Waals surface area contributed by atoms with Crippen LogP contribution in [0.2, 0.25) is 5.02 Å². The number of benzene rings is 1. The topological polar surface area (TPSA) is 75.6 Å². The Morgan fingerprint density at radius 1 is 1.44 bits per heavy atom. The first-order valence-electron chi connectivity index (χ1n) is 5.37. The molecule has 0 atom stereocenters. The lowest BCUT2D eigenvalue weighted by molar-refractivity contribution is -0.116. The van der Waals surface area contributed by atoms with Crippen LogP contribution in [0.15, 0.2) is 18.2 Å². The number of nitrogens with one attached hydrogen (secondary N) is 1. The molecule has 1 rings (SSSR count). The highest BCUT2D eigenvalue weighted by molar-refractivity contribution is 6.31. The Balaban J connectivity index is 2.88. The maximum atomic E-state index is 11.5. The summed E-state index contributed by atoms with van der Waals surface area (Å²) in [7, 11) is 1.26. The third-order valence-corrected chi connectivity index (χ3v) is 2.46. The van der Waals surface area contributed by atoms with Gasteiger partial charge in [0.2, 0.25) is 5.91 Å². The van der Waals surface area contributed by atoms with Crippen molar-refractivity contribution in [1.29, 1.82) is 0 Å². The SMILES string of the molecule is COC(=O)c1ccc(Cl)cc1NC(=O)CCCO. The van der Waals surface area contributed by atoms with Gasteiger partial charge in [-0.2, -0.15) is 0 Å². The summed E-state index contributed by atoms with van der Waals surface area (Å²) in [5.74, 6) is -0.847. The number of amides is 1. The Morgan fingerprint density at radius 2 is 2.17 bits per heavy atom. The highest BCUT2D eigenvalue weighted by atomic mass is 35.5. The van der Waals surface area contributed by atoms with E-state index in [1.165, 1.54) is 25.3 Å². The van der Waals surface area contributed by atoms with Crippen LogP contribution in [-0.4, -0.2) is 30.7 Å². The van der Waals surface area contributed by atoms with Gasteiger partial charge < -0.3 is 15.2 Å². The molecule has 0 bridgehead atoms. The number of aliphatic hydroxyl groups excluding tert-OH is 1. The zero-order chi connectivity index (χ0) is 13.5. The van der Waals surface area contributed by atoms with Gasteiger partial charge in [0, 0.05) is 18.1 Å². The Hall–Kier alpha value is -1.59. The second-order valence-corrected chi connectivity index (χ2v) is 3.99. The molecule has 18 heavy (non-hydrogen) atoms. The van der Waals surface area contributed by atoms with Crippen molar-refractivity contribution in [3.63, 3.8) is 0 Å². The van der Waals surface area contributed by atoms with E-state index in [1.54, 1.807) is 0 Å². The fraction of sp³-hybridized carbons (Fsp3) is 0.333. The molecule has 0 aliphatic carbocycles. The summed E-state index contributed by atoms with van der Waals surface area (Å²) in [4.78, 5) is 23.0. The van der Waals surface area contributed by atoms with Crippen molar-refractivity contribution in [2.24, 2.45) is 0 Å². The van der Waals surface area contributed by atoms with Gasteiger partial charge in [-0.05, 0) is 24.6 Å². The average Bonchev–Trinajstić information content (AvgIpc) is 2.35. The first-order chi connectivity index (χ1) is 8.58. The molecule has 0 aliphatic heterocycles. The van der Waals surface area contributed by atoms with Crippen LogP contribution >= 0.6 is 11.6 Å². The normalized spacial score (nSPS) is 9.94. The summed E-state index contributed by atoms with van der Waals surface area (Å²) in [6.07, 6.45) is 0.531. The van der Waals surface area contributed by atoms with Gasteiger partial charge in [0.1, 0.15) is 0 Å². The number of anilines is 1. The van der Waals surface area contributed by atoms with Crippen LogP contribution in [0.1, 0.15) is 23.2 Å². The van der Waals surface area contributed by atoms with Crippen molar-refractivity contribution < 1.29 is 19.4 Å². The Labute approximate surface area is 110 Å². The van der Waals surface area contributed by atoms with Crippen molar-refractivity contribution in [3.05, 3.63) is 28.8 Å². The summed E-state index contributed by atoms with van der Waals surface area (Å²) in [5.41, 5.74) is 0.538. The van der Waals surface area contributed by atoms with E-state index in [9.17, 15) is 9.59 Å². The molecular weight excluding hydrogens is 258 g/mol. The molecule has 98 valence electrons. The summed E-state index contributed by atoms with van der Waals surface area (Å²) in [5, 5.41) is 11.6. The second-order valence-electron chi connectivity index (χ2n) is 3.56. The highest BCUT2D eigenvalue weighted by Gasteiger charge is 2.14. The van der Waals surface area contributed by atoms with Crippen LogP contribution in [0.4, 0.5) is 5.69 Å². The van der Waals surface area contributed by atoms with Crippen molar-refractivity contribution in [3.8, 4) is 0 Å². The first-order valence-corrected chi connectivity index (χ1v) is 5.75.